The van der Waals surface area contributed by atoms with Crippen molar-refractivity contribution < 1.29 is 9.53 Å². The first-order valence-corrected chi connectivity index (χ1v) is 7.44. The number of carbonyl (C=O) groups is 1. The molecule has 0 saturated carbocycles. The van der Waals surface area contributed by atoms with E-state index in [0.29, 0.717) is 6.42 Å². The van der Waals surface area contributed by atoms with Gasteiger partial charge in [0.25, 0.3) is 0 Å². The van der Waals surface area contributed by atoms with Crippen molar-refractivity contribution in [3.63, 3.8) is 0 Å². The van der Waals surface area contributed by atoms with Crippen LogP contribution in [-0.4, -0.2) is 18.5 Å². The predicted octanol–water partition coefficient (Wildman–Crippen LogP) is 3.88. The van der Waals surface area contributed by atoms with Gasteiger partial charge in [-0.1, -0.05) is 38.5 Å². The van der Waals surface area contributed by atoms with E-state index in [4.69, 9.17) is 4.74 Å². The molecular formula is C16H26O2. The highest BCUT2D eigenvalue weighted by atomic mass is 16.5. The highest BCUT2D eigenvalue weighted by molar-refractivity contribution is 5.79. The van der Waals surface area contributed by atoms with E-state index in [1.54, 1.807) is 0 Å². The van der Waals surface area contributed by atoms with Gasteiger partial charge in [0, 0.05) is 12.8 Å². The van der Waals surface area contributed by atoms with Crippen molar-refractivity contribution in [3.05, 3.63) is 0 Å². The number of ether oxygens (including phenoxy) is 1. The Balaban J connectivity index is 2.12. The minimum Gasteiger partial charge on any atom is -0.358 e. The Labute approximate surface area is 111 Å². The number of ketones is 1. The highest BCUT2D eigenvalue weighted by Gasteiger charge is 2.10. The van der Waals surface area contributed by atoms with Crippen molar-refractivity contribution in [1.82, 2.24) is 0 Å². The highest BCUT2D eigenvalue weighted by Crippen LogP contribution is 2.11. The maximum absolute atomic E-state index is 11.6. The van der Waals surface area contributed by atoms with Crippen LogP contribution >= 0.6 is 0 Å². The van der Waals surface area contributed by atoms with Crippen LogP contribution in [0.3, 0.4) is 0 Å². The van der Waals surface area contributed by atoms with Crippen molar-refractivity contribution in [2.24, 2.45) is 0 Å². The molecule has 0 amide bonds. The van der Waals surface area contributed by atoms with Gasteiger partial charge in [-0.2, -0.15) is 0 Å². The largest absolute Gasteiger partial charge is 0.358 e. The van der Waals surface area contributed by atoms with Gasteiger partial charge in [0.05, 0.1) is 0 Å². The quantitative estimate of drug-likeness (QED) is 0.483. The van der Waals surface area contributed by atoms with Crippen LogP contribution in [0.2, 0.25) is 0 Å². The number of unbranched alkanes of at least 4 members (excludes halogenated alkanes) is 3. The average molecular weight is 250 g/mol. The van der Waals surface area contributed by atoms with E-state index in [0.717, 1.165) is 25.7 Å². The summed E-state index contributed by atoms with van der Waals surface area (Å²) in [4.78, 5) is 11.6. The summed E-state index contributed by atoms with van der Waals surface area (Å²) in [6.45, 7) is 2.43. The molecule has 1 unspecified atom stereocenters. The van der Waals surface area contributed by atoms with Crippen LogP contribution in [0.25, 0.3) is 0 Å². The lowest BCUT2D eigenvalue weighted by Crippen LogP contribution is -2.17. The molecule has 1 atom stereocenters. The van der Waals surface area contributed by atoms with Crippen LogP contribution in [0.15, 0.2) is 0 Å². The molecule has 18 heavy (non-hydrogen) atoms. The molecule has 0 heterocycles. The van der Waals surface area contributed by atoms with Crippen molar-refractivity contribution in [3.8, 4) is 11.8 Å². The van der Waals surface area contributed by atoms with Gasteiger partial charge in [0.15, 0.2) is 5.78 Å². The Bertz CT molecular complexity index is 285. The van der Waals surface area contributed by atoms with Gasteiger partial charge in [-0.3, -0.25) is 4.79 Å². The molecule has 2 nitrogen and oxygen atoms in total. The Morgan fingerprint density at radius 1 is 1.22 bits per heavy atom. The molecule has 0 spiro atoms. The fourth-order valence-corrected chi connectivity index (χ4v) is 2.12. The molecule has 1 aliphatic carbocycles. The lowest BCUT2D eigenvalue weighted by Gasteiger charge is -2.13. The lowest BCUT2D eigenvalue weighted by molar-refractivity contribution is -0.124. The Morgan fingerprint density at radius 3 is 2.94 bits per heavy atom. The molecule has 0 aromatic rings. The summed E-state index contributed by atoms with van der Waals surface area (Å²) in [6, 6.07) is 0. The van der Waals surface area contributed by atoms with E-state index in [2.05, 4.69) is 18.8 Å². The zero-order chi connectivity index (χ0) is 13.1. The standard InChI is InChI=1S/C16H26O2/c1-2-3-4-8-11-15(17)14-18-16-12-9-6-5-7-10-13-16/h16H,2-9,11-12,14H2,1H3. The van der Waals surface area contributed by atoms with E-state index in [9.17, 15) is 4.79 Å². The van der Waals surface area contributed by atoms with Gasteiger partial charge in [0.1, 0.15) is 12.7 Å². The molecule has 102 valence electrons. The number of Topliss-reactive ketones (excluding diaryl/α,β-unsaturated/α-hetero) is 1. The monoisotopic (exact) mass is 250 g/mol. The molecule has 0 saturated heterocycles. The minimum atomic E-state index is -0.00936. The second kappa shape index (κ2) is 10.1. The summed E-state index contributed by atoms with van der Waals surface area (Å²) < 4.78 is 5.61. The summed E-state index contributed by atoms with van der Waals surface area (Å²) in [5.74, 6) is 6.50. The molecule has 0 radical (unpaired) electrons. The molecule has 0 aromatic heterocycles. The molecule has 1 aliphatic rings. The van der Waals surface area contributed by atoms with Crippen LogP contribution in [0.1, 0.15) is 71.1 Å². The third kappa shape index (κ3) is 7.50. The number of carbonyl (C=O) groups excluding carboxylic acids is 1. The molecule has 0 N–H and O–H groups in total. The first kappa shape index (κ1) is 15.2. The average Bonchev–Trinajstić information content (AvgIpc) is 2.33. The Hall–Kier alpha value is -0.810. The van der Waals surface area contributed by atoms with E-state index in [1.807, 2.05) is 0 Å². The Morgan fingerprint density at radius 2 is 2.11 bits per heavy atom. The summed E-state index contributed by atoms with van der Waals surface area (Å²) >= 11 is 0. The second-order valence-electron chi connectivity index (χ2n) is 5.07. The predicted molar refractivity (Wildman–Crippen MR) is 74.4 cm³/mol. The molecule has 2 heteroatoms. The van der Waals surface area contributed by atoms with Gasteiger partial charge in [-0.25, -0.2) is 0 Å². The first-order valence-electron chi connectivity index (χ1n) is 7.44. The fraction of sp³-hybridized carbons (Fsp3) is 0.812. The summed E-state index contributed by atoms with van der Waals surface area (Å²) in [7, 11) is 0. The summed E-state index contributed by atoms with van der Waals surface area (Å²) in [5.41, 5.74) is 0. The van der Waals surface area contributed by atoms with Crippen molar-refractivity contribution >= 4 is 5.78 Å². The van der Waals surface area contributed by atoms with E-state index in [-0.39, 0.29) is 18.5 Å². The van der Waals surface area contributed by atoms with Crippen LogP contribution in [0.4, 0.5) is 0 Å². The van der Waals surface area contributed by atoms with Crippen molar-refractivity contribution in [1.29, 1.82) is 0 Å². The molecule has 0 aliphatic heterocycles. The topological polar surface area (TPSA) is 26.3 Å². The van der Waals surface area contributed by atoms with Crippen LogP contribution in [0, 0.1) is 11.8 Å². The van der Waals surface area contributed by atoms with Gasteiger partial charge < -0.3 is 4.74 Å². The third-order valence-corrected chi connectivity index (χ3v) is 3.29. The molecular weight excluding hydrogens is 224 g/mol. The SMILES string of the molecule is CCCCCCC(=O)COC1C#CCCCCC1. The normalized spacial score (nSPS) is 19.5. The van der Waals surface area contributed by atoms with E-state index >= 15 is 0 Å². The first-order chi connectivity index (χ1) is 8.83. The van der Waals surface area contributed by atoms with E-state index in [1.165, 1.54) is 32.1 Å². The van der Waals surface area contributed by atoms with Gasteiger partial charge in [-0.05, 0) is 25.7 Å². The number of rotatable bonds is 8. The van der Waals surface area contributed by atoms with Gasteiger partial charge in [-0.15, -0.1) is 5.92 Å². The molecule has 0 bridgehead atoms. The Kier molecular flexibility index (Phi) is 8.59. The van der Waals surface area contributed by atoms with Gasteiger partial charge >= 0.3 is 0 Å². The number of hydrogen-bond donors (Lipinski definition) is 0. The van der Waals surface area contributed by atoms with Crippen LogP contribution in [-0.2, 0) is 9.53 Å². The maximum Gasteiger partial charge on any atom is 0.158 e. The van der Waals surface area contributed by atoms with Crippen molar-refractivity contribution in [2.45, 2.75) is 77.2 Å². The maximum atomic E-state index is 11.6. The smallest absolute Gasteiger partial charge is 0.158 e. The summed E-state index contributed by atoms with van der Waals surface area (Å²) in [5, 5.41) is 0. The zero-order valence-electron chi connectivity index (χ0n) is 11.7. The molecule has 1 rings (SSSR count). The molecule has 0 aromatic carbocycles. The summed E-state index contributed by atoms with van der Waals surface area (Å²) in [6.07, 6.45) is 10.8. The van der Waals surface area contributed by atoms with Crippen molar-refractivity contribution in [2.75, 3.05) is 6.61 Å². The molecule has 0 fully saturated rings. The van der Waals surface area contributed by atoms with Crippen LogP contribution < -0.4 is 0 Å². The number of hydrogen-bond acceptors (Lipinski definition) is 2. The van der Waals surface area contributed by atoms with E-state index < -0.39 is 0 Å². The zero-order valence-corrected chi connectivity index (χ0v) is 11.7. The fourth-order valence-electron chi connectivity index (χ4n) is 2.12. The second-order valence-corrected chi connectivity index (χ2v) is 5.07. The minimum absolute atomic E-state index is 0.00936. The lowest BCUT2D eigenvalue weighted by atomic mass is 10.1. The van der Waals surface area contributed by atoms with Crippen LogP contribution in [0.5, 0.6) is 0 Å². The third-order valence-electron chi connectivity index (χ3n) is 3.29. The van der Waals surface area contributed by atoms with Gasteiger partial charge in [0.2, 0.25) is 0 Å².